The van der Waals surface area contributed by atoms with Crippen LogP contribution in [-0.2, 0) is 11.2 Å². The van der Waals surface area contributed by atoms with Gasteiger partial charge in [-0.1, -0.05) is 28.1 Å². The van der Waals surface area contributed by atoms with Crippen molar-refractivity contribution in [2.75, 3.05) is 39.5 Å². The molecule has 5 heteroatoms. The van der Waals surface area contributed by atoms with Crippen molar-refractivity contribution in [2.45, 2.75) is 31.6 Å². The van der Waals surface area contributed by atoms with E-state index < -0.39 is 0 Å². The number of hydrogen-bond acceptors (Lipinski definition) is 3. The zero-order valence-electron chi connectivity index (χ0n) is 17.3. The van der Waals surface area contributed by atoms with E-state index in [0.717, 1.165) is 62.5 Å². The molecule has 4 nitrogen and oxygen atoms in total. The quantitative estimate of drug-likeness (QED) is 0.485. The molecule has 1 unspecified atom stereocenters. The van der Waals surface area contributed by atoms with Crippen molar-refractivity contribution in [1.29, 1.82) is 0 Å². The molecule has 1 aromatic heterocycles. The molecule has 1 aliphatic carbocycles. The van der Waals surface area contributed by atoms with Crippen LogP contribution in [-0.4, -0.2) is 49.3 Å². The van der Waals surface area contributed by atoms with Crippen molar-refractivity contribution in [3.8, 4) is 5.75 Å². The van der Waals surface area contributed by atoms with Crippen molar-refractivity contribution in [3.05, 3.63) is 63.8 Å². The molecule has 0 saturated carbocycles. The van der Waals surface area contributed by atoms with Gasteiger partial charge >= 0.3 is 0 Å². The largest absolute Gasteiger partial charge is 0.494 e. The third-order valence-electron chi connectivity index (χ3n) is 6.44. The lowest BCUT2D eigenvalue weighted by molar-refractivity contribution is 0.0358. The van der Waals surface area contributed by atoms with E-state index in [4.69, 9.17) is 9.47 Å². The summed E-state index contributed by atoms with van der Waals surface area (Å²) in [5.74, 6) is 1.41. The molecule has 158 valence electrons. The van der Waals surface area contributed by atoms with E-state index in [-0.39, 0.29) is 0 Å². The fraction of sp³-hybridized carbons (Fsp3) is 0.440. The van der Waals surface area contributed by atoms with Gasteiger partial charge in [-0.15, -0.1) is 0 Å². The summed E-state index contributed by atoms with van der Waals surface area (Å²) in [6.07, 6.45) is 4.64. The number of halogens is 1. The Balaban J connectivity index is 1.23. The van der Waals surface area contributed by atoms with Crippen LogP contribution in [0.5, 0.6) is 5.75 Å². The van der Waals surface area contributed by atoms with E-state index in [0.29, 0.717) is 5.92 Å². The van der Waals surface area contributed by atoms with Crippen LogP contribution < -0.4 is 4.74 Å². The first kappa shape index (κ1) is 20.1. The van der Waals surface area contributed by atoms with Crippen LogP contribution in [0.2, 0.25) is 0 Å². The molecule has 0 amide bonds. The standard InChI is InChI=1S/C25H29BrN2O2/c26-19-7-10-24-23(17-19)22-4-1-3-21(25(22)27-24)18-5-8-20(9-6-18)30-14-2-11-28-12-15-29-16-13-28/h5-10,17,21,27H,1-4,11-16H2. The van der Waals surface area contributed by atoms with E-state index in [1.54, 1.807) is 0 Å². The highest BCUT2D eigenvalue weighted by molar-refractivity contribution is 9.10. The second-order valence-corrected chi connectivity index (χ2v) is 9.29. The van der Waals surface area contributed by atoms with Crippen LogP contribution >= 0.6 is 15.9 Å². The summed E-state index contributed by atoms with van der Waals surface area (Å²) in [5.41, 5.74) is 5.51. The molecule has 2 aliphatic rings. The summed E-state index contributed by atoms with van der Waals surface area (Å²) in [4.78, 5) is 6.17. The number of nitrogens with one attached hydrogen (secondary N) is 1. The van der Waals surface area contributed by atoms with Crippen LogP contribution in [0.25, 0.3) is 10.9 Å². The molecule has 2 aromatic carbocycles. The molecule has 3 aromatic rings. The van der Waals surface area contributed by atoms with Crippen LogP contribution in [0.1, 0.15) is 42.0 Å². The van der Waals surface area contributed by atoms with E-state index in [9.17, 15) is 0 Å². The van der Waals surface area contributed by atoms with Gasteiger partial charge in [0.2, 0.25) is 0 Å². The summed E-state index contributed by atoms with van der Waals surface area (Å²) in [6.45, 7) is 5.66. The van der Waals surface area contributed by atoms with Gasteiger partial charge in [-0.3, -0.25) is 4.90 Å². The monoisotopic (exact) mass is 468 g/mol. The summed E-state index contributed by atoms with van der Waals surface area (Å²) in [7, 11) is 0. The van der Waals surface area contributed by atoms with Gasteiger partial charge in [0.25, 0.3) is 0 Å². The Morgan fingerprint density at radius 3 is 2.77 bits per heavy atom. The maximum Gasteiger partial charge on any atom is 0.119 e. The second kappa shape index (κ2) is 9.13. The molecule has 5 rings (SSSR count). The number of ether oxygens (including phenoxy) is 2. The lowest BCUT2D eigenvalue weighted by atomic mass is 9.82. The fourth-order valence-electron chi connectivity index (χ4n) is 4.87. The molecule has 1 fully saturated rings. The third-order valence-corrected chi connectivity index (χ3v) is 6.94. The number of aryl methyl sites for hydroxylation is 1. The minimum atomic E-state index is 0.440. The van der Waals surface area contributed by atoms with Crippen molar-refractivity contribution < 1.29 is 9.47 Å². The summed E-state index contributed by atoms with van der Waals surface area (Å²) >= 11 is 3.63. The van der Waals surface area contributed by atoms with Gasteiger partial charge in [0, 0.05) is 46.6 Å². The molecule has 0 bridgehead atoms. The maximum atomic E-state index is 6.00. The minimum absolute atomic E-state index is 0.440. The molecule has 0 spiro atoms. The van der Waals surface area contributed by atoms with Crippen molar-refractivity contribution in [3.63, 3.8) is 0 Å². The first-order chi connectivity index (χ1) is 14.8. The van der Waals surface area contributed by atoms with Gasteiger partial charge in [0.05, 0.1) is 19.8 Å². The first-order valence-corrected chi connectivity index (χ1v) is 11.9. The van der Waals surface area contributed by atoms with E-state index in [1.807, 2.05) is 0 Å². The number of H-pyrrole nitrogens is 1. The zero-order chi connectivity index (χ0) is 20.3. The number of aromatic amines is 1. The average Bonchev–Trinajstić information content (AvgIpc) is 3.16. The van der Waals surface area contributed by atoms with E-state index >= 15 is 0 Å². The van der Waals surface area contributed by atoms with Gasteiger partial charge in [0.15, 0.2) is 0 Å². The molecule has 1 N–H and O–H groups in total. The van der Waals surface area contributed by atoms with Gasteiger partial charge < -0.3 is 14.5 Å². The summed E-state index contributed by atoms with van der Waals surface area (Å²) in [6, 6.07) is 15.3. The van der Waals surface area contributed by atoms with Crippen LogP contribution in [0.3, 0.4) is 0 Å². The average molecular weight is 469 g/mol. The maximum absolute atomic E-state index is 6.00. The highest BCUT2D eigenvalue weighted by atomic mass is 79.9. The van der Waals surface area contributed by atoms with Crippen molar-refractivity contribution in [2.24, 2.45) is 0 Å². The number of aromatic nitrogens is 1. The smallest absolute Gasteiger partial charge is 0.119 e. The third kappa shape index (κ3) is 4.29. The number of morpholine rings is 1. The normalized spacial score (nSPS) is 19.7. The number of benzene rings is 2. The Kier molecular flexibility index (Phi) is 6.12. The summed E-state index contributed by atoms with van der Waals surface area (Å²) in [5, 5.41) is 1.37. The fourth-order valence-corrected chi connectivity index (χ4v) is 5.23. The highest BCUT2D eigenvalue weighted by Gasteiger charge is 2.25. The van der Waals surface area contributed by atoms with Gasteiger partial charge in [-0.2, -0.15) is 0 Å². The Hall–Kier alpha value is -1.82. The molecule has 30 heavy (non-hydrogen) atoms. The Morgan fingerprint density at radius 2 is 1.93 bits per heavy atom. The van der Waals surface area contributed by atoms with Crippen LogP contribution in [0.15, 0.2) is 46.9 Å². The number of fused-ring (bicyclic) bond motifs is 3. The van der Waals surface area contributed by atoms with E-state index in [1.165, 1.54) is 40.6 Å². The Morgan fingerprint density at radius 1 is 1.10 bits per heavy atom. The minimum Gasteiger partial charge on any atom is -0.494 e. The molecule has 1 aliphatic heterocycles. The molecular weight excluding hydrogens is 440 g/mol. The molecule has 1 saturated heterocycles. The lowest BCUT2D eigenvalue weighted by Gasteiger charge is -2.26. The Labute approximate surface area is 186 Å². The van der Waals surface area contributed by atoms with Gasteiger partial charge in [-0.05, 0) is 67.1 Å². The second-order valence-electron chi connectivity index (χ2n) is 8.38. The predicted octanol–water partition coefficient (Wildman–Crippen LogP) is 5.50. The SMILES string of the molecule is Brc1ccc2[nH]c3c(c2c1)CCCC3c1ccc(OCCCN2CCOCC2)cc1. The topological polar surface area (TPSA) is 37.5 Å². The lowest BCUT2D eigenvalue weighted by Crippen LogP contribution is -2.37. The molecular formula is C25H29BrN2O2. The Bertz CT molecular complexity index is 992. The molecule has 0 radical (unpaired) electrons. The highest BCUT2D eigenvalue weighted by Crippen LogP contribution is 2.40. The van der Waals surface area contributed by atoms with Crippen LogP contribution in [0, 0.1) is 0 Å². The predicted molar refractivity (Wildman–Crippen MR) is 125 cm³/mol. The number of nitrogens with zero attached hydrogens (tertiary/aromatic N) is 1. The van der Waals surface area contributed by atoms with Crippen molar-refractivity contribution in [1.82, 2.24) is 9.88 Å². The number of rotatable bonds is 6. The number of hydrogen-bond donors (Lipinski definition) is 1. The zero-order valence-corrected chi connectivity index (χ0v) is 18.9. The van der Waals surface area contributed by atoms with Crippen LogP contribution in [0.4, 0.5) is 0 Å². The summed E-state index contributed by atoms with van der Waals surface area (Å²) < 4.78 is 12.5. The molecule has 1 atom stereocenters. The molecule has 2 heterocycles. The van der Waals surface area contributed by atoms with Gasteiger partial charge in [0.1, 0.15) is 5.75 Å². The first-order valence-electron chi connectivity index (χ1n) is 11.1. The van der Waals surface area contributed by atoms with Gasteiger partial charge in [-0.25, -0.2) is 0 Å². The van der Waals surface area contributed by atoms with E-state index in [2.05, 4.69) is 68.3 Å². The van der Waals surface area contributed by atoms with Crippen molar-refractivity contribution >= 4 is 26.8 Å².